The van der Waals surface area contributed by atoms with Gasteiger partial charge in [0.2, 0.25) is 0 Å². The normalized spacial score (nSPS) is 10.9. The summed E-state index contributed by atoms with van der Waals surface area (Å²) < 4.78 is 2.14. The lowest BCUT2D eigenvalue weighted by molar-refractivity contribution is 0.866. The Morgan fingerprint density at radius 2 is 0.775 bits per heavy atom. The zero-order valence-electron chi connectivity index (χ0n) is 23.8. The van der Waals surface area contributed by atoms with Gasteiger partial charge in [-0.05, 0) is 112 Å². The quantitative estimate of drug-likeness (QED) is 0.158. The fourth-order valence-electron chi connectivity index (χ4n) is 4.07. The average Bonchev–Trinajstić information content (AvgIpc) is 2.99. The van der Waals surface area contributed by atoms with Gasteiger partial charge in [0.25, 0.3) is 0 Å². The lowest BCUT2D eigenvalue weighted by Gasteiger charge is -2.20. The highest BCUT2D eigenvalue weighted by Gasteiger charge is 2.01. The number of hydrogen-bond acceptors (Lipinski definition) is 4. The van der Waals surface area contributed by atoms with E-state index in [-0.39, 0.29) is 0 Å². The number of anilines is 2. The maximum Gasteiger partial charge on any atom is 0.0630 e. The fourth-order valence-corrected chi connectivity index (χ4v) is 4.60. The second-order valence-corrected chi connectivity index (χ2v) is 10.8. The highest BCUT2D eigenvalue weighted by Crippen LogP contribution is 2.19. The molecule has 0 bridgehead atoms. The van der Waals surface area contributed by atoms with Crippen LogP contribution in [-0.2, 0) is 0 Å². The molecule has 4 nitrogen and oxygen atoms in total. The molecule has 0 atom stereocenters. The molecule has 0 radical (unpaired) electrons. The van der Waals surface area contributed by atoms with E-state index in [1.807, 2.05) is 61.0 Å². The number of aliphatic imine (C=N–C) groups is 2. The summed E-state index contributed by atoms with van der Waals surface area (Å²) in [5.41, 5.74) is 6.67. The molecule has 0 aliphatic rings. The maximum absolute atomic E-state index is 4.47. The molecule has 0 fully saturated rings. The Hall–Kier alpha value is -3.22. The Kier molecular flexibility index (Phi) is 13.1. The Balaban J connectivity index is 0.000000220. The van der Waals surface area contributed by atoms with E-state index in [0.29, 0.717) is 0 Å². The molecular formula is C34H38Br2N4. The van der Waals surface area contributed by atoms with Gasteiger partial charge in [0.1, 0.15) is 0 Å². The fraction of sp³-hybridized carbons (Fsp3) is 0.235. The lowest BCUT2D eigenvalue weighted by atomic mass is 10.2. The molecule has 208 valence electrons. The van der Waals surface area contributed by atoms with Crippen molar-refractivity contribution in [2.45, 2.75) is 27.7 Å². The van der Waals surface area contributed by atoms with Crippen molar-refractivity contribution in [1.82, 2.24) is 0 Å². The molecule has 4 aromatic rings. The van der Waals surface area contributed by atoms with E-state index < -0.39 is 0 Å². The lowest BCUT2D eigenvalue weighted by Crippen LogP contribution is -2.21. The molecule has 4 rings (SSSR count). The summed E-state index contributed by atoms with van der Waals surface area (Å²) >= 11 is 6.84. The Morgan fingerprint density at radius 3 is 1.05 bits per heavy atom. The van der Waals surface area contributed by atoms with Gasteiger partial charge in [0.05, 0.1) is 11.4 Å². The predicted molar refractivity (Wildman–Crippen MR) is 183 cm³/mol. The van der Waals surface area contributed by atoms with Crippen LogP contribution in [0.25, 0.3) is 0 Å². The molecule has 0 aromatic heterocycles. The topological polar surface area (TPSA) is 31.2 Å². The highest BCUT2D eigenvalue weighted by molar-refractivity contribution is 9.10. The van der Waals surface area contributed by atoms with Gasteiger partial charge in [-0.3, -0.25) is 9.98 Å². The van der Waals surface area contributed by atoms with E-state index in [0.717, 1.165) is 57.6 Å². The van der Waals surface area contributed by atoms with Crippen LogP contribution in [0, 0.1) is 0 Å². The molecule has 0 heterocycles. The predicted octanol–water partition coefficient (Wildman–Crippen LogP) is 10.1. The molecule has 0 N–H and O–H groups in total. The van der Waals surface area contributed by atoms with Crippen molar-refractivity contribution in [3.05, 3.63) is 117 Å². The van der Waals surface area contributed by atoms with Gasteiger partial charge in [-0.2, -0.15) is 0 Å². The van der Waals surface area contributed by atoms with Gasteiger partial charge in [-0.15, -0.1) is 0 Å². The van der Waals surface area contributed by atoms with Crippen molar-refractivity contribution in [2.24, 2.45) is 9.98 Å². The van der Waals surface area contributed by atoms with Crippen molar-refractivity contribution < 1.29 is 0 Å². The molecule has 0 saturated carbocycles. The number of rotatable bonds is 10. The standard InChI is InChI=1S/2C17H19BrN2/c2*1-3-20(4-2)17-11-5-14(6-12-17)13-19-16-9-7-15(18)8-10-16/h2*5-13H,3-4H2,1-2H3. The monoisotopic (exact) mass is 660 g/mol. The summed E-state index contributed by atoms with van der Waals surface area (Å²) in [6, 6.07) is 33.0. The smallest absolute Gasteiger partial charge is 0.0630 e. The van der Waals surface area contributed by atoms with Gasteiger partial charge in [0.15, 0.2) is 0 Å². The minimum atomic E-state index is 0.959. The first-order valence-electron chi connectivity index (χ1n) is 13.7. The zero-order valence-corrected chi connectivity index (χ0v) is 26.9. The van der Waals surface area contributed by atoms with Crippen LogP contribution < -0.4 is 9.80 Å². The largest absolute Gasteiger partial charge is 0.372 e. The first-order chi connectivity index (χ1) is 19.4. The van der Waals surface area contributed by atoms with Crippen LogP contribution in [0.1, 0.15) is 38.8 Å². The molecule has 0 aliphatic carbocycles. The summed E-state index contributed by atoms with van der Waals surface area (Å²) in [7, 11) is 0. The summed E-state index contributed by atoms with van der Waals surface area (Å²) in [4.78, 5) is 13.6. The van der Waals surface area contributed by atoms with E-state index in [1.165, 1.54) is 11.4 Å². The zero-order chi connectivity index (χ0) is 28.7. The van der Waals surface area contributed by atoms with Gasteiger partial charge in [-0.1, -0.05) is 56.1 Å². The molecular weight excluding hydrogens is 624 g/mol. The number of nitrogens with zero attached hydrogens (tertiary/aromatic N) is 4. The van der Waals surface area contributed by atoms with Gasteiger partial charge in [-0.25, -0.2) is 0 Å². The van der Waals surface area contributed by atoms with Crippen molar-refractivity contribution in [3.63, 3.8) is 0 Å². The number of hydrogen-bond donors (Lipinski definition) is 0. The van der Waals surface area contributed by atoms with Crippen LogP contribution >= 0.6 is 31.9 Å². The summed E-state index contributed by atoms with van der Waals surface area (Å²) in [6.45, 7) is 12.8. The Labute approximate surface area is 256 Å². The molecule has 6 heteroatoms. The second-order valence-electron chi connectivity index (χ2n) is 9.00. The van der Waals surface area contributed by atoms with Crippen LogP contribution in [0.15, 0.2) is 116 Å². The van der Waals surface area contributed by atoms with E-state index >= 15 is 0 Å². The van der Waals surface area contributed by atoms with Crippen molar-refractivity contribution >= 4 is 67.0 Å². The van der Waals surface area contributed by atoms with Crippen LogP contribution in [0.5, 0.6) is 0 Å². The minimum absolute atomic E-state index is 0.959. The van der Waals surface area contributed by atoms with Crippen molar-refractivity contribution in [3.8, 4) is 0 Å². The number of halogens is 2. The Bertz CT molecular complexity index is 1220. The highest BCUT2D eigenvalue weighted by atomic mass is 79.9. The summed E-state index contributed by atoms with van der Waals surface area (Å²) in [5, 5.41) is 0. The van der Waals surface area contributed by atoms with Crippen molar-refractivity contribution in [1.29, 1.82) is 0 Å². The third kappa shape index (κ3) is 10.1. The first kappa shape index (κ1) is 31.3. The molecule has 4 aromatic carbocycles. The van der Waals surface area contributed by atoms with Crippen LogP contribution in [-0.4, -0.2) is 38.6 Å². The van der Waals surface area contributed by atoms with Crippen molar-refractivity contribution in [2.75, 3.05) is 36.0 Å². The minimum Gasteiger partial charge on any atom is -0.372 e. The van der Waals surface area contributed by atoms with E-state index in [1.54, 1.807) is 0 Å². The Morgan fingerprint density at radius 1 is 0.475 bits per heavy atom. The van der Waals surface area contributed by atoms with Crippen LogP contribution in [0.3, 0.4) is 0 Å². The third-order valence-corrected chi connectivity index (χ3v) is 7.48. The number of benzene rings is 4. The average molecular weight is 663 g/mol. The van der Waals surface area contributed by atoms with E-state index in [4.69, 9.17) is 0 Å². The summed E-state index contributed by atoms with van der Waals surface area (Å²) in [5.74, 6) is 0. The second kappa shape index (κ2) is 16.8. The molecule has 0 saturated heterocycles. The molecule has 0 amide bonds. The SMILES string of the molecule is CCN(CC)c1ccc(C=Nc2ccc(Br)cc2)cc1.CCN(CC)c1ccc(C=Nc2ccc(Br)cc2)cc1. The van der Waals surface area contributed by atoms with Gasteiger partial charge < -0.3 is 9.80 Å². The van der Waals surface area contributed by atoms with E-state index in [2.05, 4.69) is 128 Å². The van der Waals surface area contributed by atoms with E-state index in [9.17, 15) is 0 Å². The van der Waals surface area contributed by atoms with Gasteiger partial charge in [0, 0.05) is 58.9 Å². The third-order valence-electron chi connectivity index (χ3n) is 6.42. The van der Waals surface area contributed by atoms with Gasteiger partial charge >= 0.3 is 0 Å². The first-order valence-corrected chi connectivity index (χ1v) is 15.3. The molecule has 0 unspecified atom stereocenters. The molecule has 40 heavy (non-hydrogen) atoms. The maximum atomic E-state index is 4.47. The summed E-state index contributed by atoms with van der Waals surface area (Å²) in [6.07, 6.45) is 3.80. The van der Waals surface area contributed by atoms with Crippen LogP contribution in [0.4, 0.5) is 22.7 Å². The molecule has 0 spiro atoms. The van der Waals surface area contributed by atoms with Crippen LogP contribution in [0.2, 0.25) is 0 Å². The molecule has 0 aliphatic heterocycles.